The molecule has 0 aliphatic carbocycles. The monoisotopic (exact) mass is 222 g/mol. The molecule has 16 heavy (non-hydrogen) atoms. The summed E-state index contributed by atoms with van der Waals surface area (Å²) in [7, 11) is 0. The lowest BCUT2D eigenvalue weighted by Gasteiger charge is -2.29. The third-order valence-corrected chi connectivity index (χ3v) is 3.03. The van der Waals surface area contributed by atoms with Crippen LogP contribution in [0, 0.1) is 5.41 Å². The molecule has 0 saturated heterocycles. The second-order valence-corrected chi connectivity index (χ2v) is 4.22. The van der Waals surface area contributed by atoms with Gasteiger partial charge in [-0.3, -0.25) is 4.79 Å². The Morgan fingerprint density at radius 3 is 2.44 bits per heavy atom. The average Bonchev–Trinajstić information content (AvgIpc) is 2.28. The van der Waals surface area contributed by atoms with E-state index in [4.69, 9.17) is 16.6 Å². The first-order valence-corrected chi connectivity index (χ1v) is 5.23. The standard InChI is InChI=1S/C12H18N2O2/c1-12(8-13,11(15)16)10(14)7-9-5-3-2-4-6-9/h2-6,10H,7-8,13-14H2,1H3,(H,15,16). The predicted molar refractivity (Wildman–Crippen MR) is 62.9 cm³/mol. The van der Waals surface area contributed by atoms with Gasteiger partial charge in [-0.2, -0.15) is 0 Å². The van der Waals surface area contributed by atoms with E-state index in [9.17, 15) is 4.79 Å². The van der Waals surface area contributed by atoms with E-state index in [-0.39, 0.29) is 6.54 Å². The molecule has 88 valence electrons. The molecule has 0 aliphatic rings. The lowest BCUT2D eigenvalue weighted by molar-refractivity contribution is -0.148. The molecule has 0 saturated carbocycles. The molecule has 1 aromatic carbocycles. The van der Waals surface area contributed by atoms with Crippen LogP contribution in [0.4, 0.5) is 0 Å². The van der Waals surface area contributed by atoms with Crippen LogP contribution in [-0.2, 0) is 11.2 Å². The number of carbonyl (C=O) groups is 1. The van der Waals surface area contributed by atoms with Crippen molar-refractivity contribution in [1.29, 1.82) is 0 Å². The minimum absolute atomic E-state index is 0.0380. The molecule has 0 radical (unpaired) electrons. The van der Waals surface area contributed by atoms with Crippen LogP contribution < -0.4 is 11.5 Å². The Balaban J connectivity index is 2.78. The summed E-state index contributed by atoms with van der Waals surface area (Å²) in [6.45, 7) is 1.62. The van der Waals surface area contributed by atoms with E-state index in [0.717, 1.165) is 5.56 Å². The molecule has 0 aliphatic heterocycles. The molecule has 5 N–H and O–H groups in total. The lowest BCUT2D eigenvalue weighted by Crippen LogP contribution is -2.51. The van der Waals surface area contributed by atoms with Crippen LogP contribution in [0.15, 0.2) is 30.3 Å². The second-order valence-electron chi connectivity index (χ2n) is 4.22. The highest BCUT2D eigenvalue weighted by Gasteiger charge is 2.38. The minimum Gasteiger partial charge on any atom is -0.481 e. The molecule has 0 amide bonds. The Morgan fingerprint density at radius 1 is 1.44 bits per heavy atom. The van der Waals surface area contributed by atoms with Crippen LogP contribution in [0.3, 0.4) is 0 Å². The number of rotatable bonds is 5. The highest BCUT2D eigenvalue weighted by atomic mass is 16.4. The Bertz CT molecular complexity index is 353. The Morgan fingerprint density at radius 2 is 2.00 bits per heavy atom. The van der Waals surface area contributed by atoms with Gasteiger partial charge >= 0.3 is 5.97 Å². The van der Waals surface area contributed by atoms with E-state index >= 15 is 0 Å². The van der Waals surface area contributed by atoms with Gasteiger partial charge in [-0.15, -0.1) is 0 Å². The first kappa shape index (κ1) is 12.7. The summed E-state index contributed by atoms with van der Waals surface area (Å²) in [6, 6.07) is 9.09. The number of carboxylic acids is 1. The first-order chi connectivity index (χ1) is 7.50. The van der Waals surface area contributed by atoms with Crippen LogP contribution in [0.5, 0.6) is 0 Å². The lowest BCUT2D eigenvalue weighted by atomic mass is 9.80. The van der Waals surface area contributed by atoms with Crippen LogP contribution in [-0.4, -0.2) is 23.7 Å². The van der Waals surface area contributed by atoms with Crippen molar-refractivity contribution in [1.82, 2.24) is 0 Å². The van der Waals surface area contributed by atoms with Crippen molar-refractivity contribution in [2.45, 2.75) is 19.4 Å². The zero-order valence-electron chi connectivity index (χ0n) is 9.39. The number of aliphatic carboxylic acids is 1. The van der Waals surface area contributed by atoms with Gasteiger partial charge in [0, 0.05) is 12.6 Å². The molecular formula is C12H18N2O2. The van der Waals surface area contributed by atoms with Crippen molar-refractivity contribution in [2.24, 2.45) is 16.9 Å². The molecule has 0 bridgehead atoms. The molecule has 4 heteroatoms. The fraction of sp³-hybridized carbons (Fsp3) is 0.417. The summed E-state index contributed by atoms with van der Waals surface area (Å²) < 4.78 is 0. The van der Waals surface area contributed by atoms with E-state index in [1.165, 1.54) is 0 Å². The first-order valence-electron chi connectivity index (χ1n) is 5.23. The van der Waals surface area contributed by atoms with E-state index in [1.807, 2.05) is 30.3 Å². The maximum Gasteiger partial charge on any atom is 0.312 e. The van der Waals surface area contributed by atoms with Gasteiger partial charge in [-0.1, -0.05) is 30.3 Å². The van der Waals surface area contributed by atoms with Crippen LogP contribution in [0.2, 0.25) is 0 Å². The van der Waals surface area contributed by atoms with Gasteiger partial charge in [-0.05, 0) is 18.9 Å². The smallest absolute Gasteiger partial charge is 0.312 e. The van der Waals surface area contributed by atoms with Gasteiger partial charge in [0.2, 0.25) is 0 Å². The highest BCUT2D eigenvalue weighted by molar-refractivity contribution is 5.75. The third-order valence-electron chi connectivity index (χ3n) is 3.03. The maximum absolute atomic E-state index is 11.1. The molecule has 2 unspecified atom stereocenters. The fourth-order valence-electron chi connectivity index (χ4n) is 1.49. The van der Waals surface area contributed by atoms with Crippen molar-refractivity contribution < 1.29 is 9.90 Å². The van der Waals surface area contributed by atoms with E-state index in [2.05, 4.69) is 0 Å². The molecule has 0 aromatic heterocycles. The average molecular weight is 222 g/mol. The quantitative estimate of drug-likeness (QED) is 0.680. The van der Waals surface area contributed by atoms with E-state index in [0.29, 0.717) is 6.42 Å². The topological polar surface area (TPSA) is 89.3 Å². The van der Waals surface area contributed by atoms with Crippen LogP contribution in [0.25, 0.3) is 0 Å². The SMILES string of the molecule is CC(CN)(C(=O)O)C(N)Cc1ccccc1. The molecule has 0 fully saturated rings. The third kappa shape index (κ3) is 2.59. The van der Waals surface area contributed by atoms with Crippen molar-refractivity contribution >= 4 is 5.97 Å². The number of nitrogens with two attached hydrogens (primary N) is 2. The predicted octanol–water partition coefficient (Wildman–Crippen LogP) is 0.606. The molecule has 1 rings (SSSR count). The van der Waals surface area contributed by atoms with Crippen molar-refractivity contribution in [3.63, 3.8) is 0 Å². The van der Waals surface area contributed by atoms with Gasteiger partial charge in [-0.25, -0.2) is 0 Å². The molecule has 1 aromatic rings. The number of hydrogen-bond acceptors (Lipinski definition) is 3. The Labute approximate surface area is 95.3 Å². The summed E-state index contributed by atoms with van der Waals surface area (Å²) >= 11 is 0. The van der Waals surface area contributed by atoms with Crippen LogP contribution in [0.1, 0.15) is 12.5 Å². The summed E-state index contributed by atoms with van der Waals surface area (Å²) in [5.74, 6) is -0.946. The largest absolute Gasteiger partial charge is 0.481 e. The molecule has 4 nitrogen and oxygen atoms in total. The molecule has 0 heterocycles. The summed E-state index contributed by atoms with van der Waals surface area (Å²) in [6.07, 6.45) is 0.515. The zero-order chi connectivity index (χ0) is 12.2. The molecule has 2 atom stereocenters. The van der Waals surface area contributed by atoms with E-state index < -0.39 is 17.4 Å². The van der Waals surface area contributed by atoms with Gasteiger partial charge in [0.15, 0.2) is 0 Å². The normalized spacial score (nSPS) is 16.4. The summed E-state index contributed by atoms with van der Waals surface area (Å²) in [4.78, 5) is 11.1. The summed E-state index contributed by atoms with van der Waals surface area (Å²) in [5.41, 5.74) is 11.4. The Kier molecular flexibility index (Phi) is 4.04. The molecular weight excluding hydrogens is 204 g/mol. The zero-order valence-corrected chi connectivity index (χ0v) is 9.39. The van der Waals surface area contributed by atoms with Gasteiger partial charge < -0.3 is 16.6 Å². The van der Waals surface area contributed by atoms with Crippen LogP contribution >= 0.6 is 0 Å². The van der Waals surface area contributed by atoms with Crippen molar-refractivity contribution in [3.8, 4) is 0 Å². The fourth-order valence-corrected chi connectivity index (χ4v) is 1.49. The maximum atomic E-state index is 11.1. The Hall–Kier alpha value is -1.39. The van der Waals surface area contributed by atoms with Crippen molar-refractivity contribution in [2.75, 3.05) is 6.54 Å². The number of carboxylic acid groups (broad SMARTS) is 1. The number of benzene rings is 1. The summed E-state index contributed by atoms with van der Waals surface area (Å²) in [5, 5.41) is 9.12. The minimum atomic E-state index is -1.07. The highest BCUT2D eigenvalue weighted by Crippen LogP contribution is 2.21. The number of hydrogen-bond donors (Lipinski definition) is 3. The van der Waals surface area contributed by atoms with Crippen molar-refractivity contribution in [3.05, 3.63) is 35.9 Å². The second kappa shape index (κ2) is 5.09. The van der Waals surface area contributed by atoms with Gasteiger partial charge in [0.05, 0.1) is 5.41 Å². The molecule has 0 spiro atoms. The van der Waals surface area contributed by atoms with Gasteiger partial charge in [0.25, 0.3) is 0 Å². The van der Waals surface area contributed by atoms with Gasteiger partial charge in [0.1, 0.15) is 0 Å². The van der Waals surface area contributed by atoms with E-state index in [1.54, 1.807) is 6.92 Å².